The average Bonchev–Trinajstić information content (AvgIpc) is 2.24. The third-order valence-electron chi connectivity index (χ3n) is 1.96. The van der Waals surface area contributed by atoms with Crippen LogP contribution < -0.4 is 0 Å². The van der Waals surface area contributed by atoms with E-state index >= 15 is 0 Å². The van der Waals surface area contributed by atoms with Gasteiger partial charge in [-0.1, -0.05) is 0 Å². The lowest BCUT2D eigenvalue weighted by Gasteiger charge is -2.31. The van der Waals surface area contributed by atoms with Gasteiger partial charge in [0, 0.05) is 11.1 Å². The van der Waals surface area contributed by atoms with E-state index < -0.39 is 32.6 Å². The Labute approximate surface area is 139 Å². The van der Waals surface area contributed by atoms with Crippen molar-refractivity contribution < 1.29 is 22.0 Å². The van der Waals surface area contributed by atoms with Gasteiger partial charge in [-0.3, -0.25) is 4.57 Å². The molecule has 0 bridgehead atoms. The van der Waals surface area contributed by atoms with Gasteiger partial charge in [-0.05, 0) is 60.1 Å². The molecule has 0 aliphatic carbocycles. The van der Waals surface area contributed by atoms with Crippen LogP contribution in [0.25, 0.3) is 0 Å². The number of hydrogen-bond acceptors (Lipinski definition) is 5. The Morgan fingerprint density at radius 2 is 1.32 bits per heavy atom. The summed E-state index contributed by atoms with van der Waals surface area (Å²) in [6.45, 7) is 18.9. The molecule has 0 spiro atoms. The Morgan fingerprint density at radius 3 is 1.59 bits per heavy atom. The zero-order valence-corrected chi connectivity index (χ0v) is 19.2. The summed E-state index contributed by atoms with van der Waals surface area (Å²) in [5.74, 6) is 1.58. The SMILES string of the molecule is CCOP(=O)(/C=C(\C)P(O[Si](C)(C)C)O[Si](C)(C)C)OCC. The second-order valence-electron chi connectivity index (χ2n) is 6.81. The molecular formula is C13H32O5P2Si2. The van der Waals surface area contributed by atoms with Gasteiger partial charge in [0.05, 0.1) is 13.2 Å². The zero-order valence-electron chi connectivity index (χ0n) is 15.4. The molecule has 0 rings (SSSR count). The first-order chi connectivity index (χ1) is 9.82. The van der Waals surface area contributed by atoms with Crippen molar-refractivity contribution in [2.75, 3.05) is 13.2 Å². The summed E-state index contributed by atoms with van der Waals surface area (Å²) >= 11 is 0. The molecule has 0 aromatic rings. The highest BCUT2D eigenvalue weighted by Crippen LogP contribution is 2.58. The van der Waals surface area contributed by atoms with Crippen molar-refractivity contribution in [1.29, 1.82) is 0 Å². The third kappa shape index (κ3) is 10.4. The summed E-state index contributed by atoms with van der Waals surface area (Å²) in [6.07, 6.45) is 0. The maximum atomic E-state index is 12.7. The molecular weight excluding hydrogens is 354 g/mol. The first-order valence-electron chi connectivity index (χ1n) is 7.58. The first kappa shape index (κ1) is 22.7. The van der Waals surface area contributed by atoms with Crippen LogP contribution in [0.5, 0.6) is 0 Å². The molecule has 22 heavy (non-hydrogen) atoms. The van der Waals surface area contributed by atoms with Crippen LogP contribution in [0.15, 0.2) is 11.1 Å². The van der Waals surface area contributed by atoms with Gasteiger partial charge in [-0.25, -0.2) is 0 Å². The molecule has 0 aromatic carbocycles. The average molecular weight is 387 g/mol. The van der Waals surface area contributed by atoms with Gasteiger partial charge < -0.3 is 17.5 Å². The van der Waals surface area contributed by atoms with Crippen molar-refractivity contribution >= 4 is 32.6 Å². The zero-order chi connectivity index (χ0) is 17.6. The molecule has 0 radical (unpaired) electrons. The Bertz CT molecular complexity index is 390. The molecule has 0 heterocycles. The fraction of sp³-hybridized carbons (Fsp3) is 0.846. The van der Waals surface area contributed by atoms with E-state index in [0.29, 0.717) is 13.2 Å². The molecule has 0 amide bonds. The minimum Gasteiger partial charge on any atom is -0.373 e. The van der Waals surface area contributed by atoms with E-state index in [0.717, 1.165) is 5.31 Å². The smallest absolute Gasteiger partial charge is 0.354 e. The van der Waals surface area contributed by atoms with Crippen molar-refractivity contribution in [2.45, 2.75) is 60.1 Å². The lowest BCUT2D eigenvalue weighted by molar-refractivity contribution is 0.228. The molecule has 0 atom stereocenters. The van der Waals surface area contributed by atoms with Crippen molar-refractivity contribution in [3.05, 3.63) is 11.1 Å². The Kier molecular flexibility index (Phi) is 9.52. The Balaban J connectivity index is 5.42. The largest absolute Gasteiger partial charge is 0.373 e. The summed E-state index contributed by atoms with van der Waals surface area (Å²) in [4.78, 5) is 0. The predicted molar refractivity (Wildman–Crippen MR) is 100 cm³/mol. The molecule has 0 aliphatic heterocycles. The highest BCUT2D eigenvalue weighted by atomic mass is 31.2. The van der Waals surface area contributed by atoms with Crippen molar-refractivity contribution in [2.24, 2.45) is 0 Å². The van der Waals surface area contributed by atoms with Gasteiger partial charge in [-0.2, -0.15) is 0 Å². The monoisotopic (exact) mass is 386 g/mol. The number of hydrogen-bond donors (Lipinski definition) is 0. The van der Waals surface area contributed by atoms with Crippen molar-refractivity contribution in [3.8, 4) is 0 Å². The fourth-order valence-corrected chi connectivity index (χ4v) is 9.23. The Morgan fingerprint density at radius 1 is 0.955 bits per heavy atom. The highest BCUT2D eigenvalue weighted by molar-refractivity contribution is 7.60. The molecule has 0 saturated carbocycles. The predicted octanol–water partition coefficient (Wildman–Crippen LogP) is 6.13. The van der Waals surface area contributed by atoms with Gasteiger partial charge in [0.1, 0.15) is 0 Å². The molecule has 0 saturated heterocycles. The van der Waals surface area contributed by atoms with Crippen molar-refractivity contribution in [1.82, 2.24) is 0 Å². The lowest BCUT2D eigenvalue weighted by atomic mass is 10.8. The molecule has 5 nitrogen and oxygen atoms in total. The summed E-state index contributed by atoms with van der Waals surface area (Å²) < 4.78 is 35.7. The normalized spacial score (nSPS) is 14.7. The molecule has 0 unspecified atom stereocenters. The third-order valence-corrected chi connectivity index (χ3v) is 10.5. The van der Waals surface area contributed by atoms with Gasteiger partial charge >= 0.3 is 7.60 Å². The summed E-state index contributed by atoms with van der Waals surface area (Å²) in [7, 11) is -8.03. The van der Waals surface area contributed by atoms with E-state index in [1.54, 1.807) is 19.7 Å². The second-order valence-corrected chi connectivity index (χ2v) is 19.8. The van der Waals surface area contributed by atoms with Crippen molar-refractivity contribution in [3.63, 3.8) is 0 Å². The Hall–Kier alpha value is 0.674. The van der Waals surface area contributed by atoms with Gasteiger partial charge in [0.25, 0.3) is 0 Å². The van der Waals surface area contributed by atoms with Crippen LogP contribution in [0.4, 0.5) is 0 Å². The maximum absolute atomic E-state index is 12.7. The number of allylic oxidation sites excluding steroid dienone is 1. The van der Waals surface area contributed by atoms with Crippen LogP contribution in [-0.2, 0) is 22.0 Å². The van der Waals surface area contributed by atoms with E-state index in [1.807, 2.05) is 6.92 Å². The first-order valence-corrected chi connectivity index (χ1v) is 17.2. The highest BCUT2D eigenvalue weighted by Gasteiger charge is 2.31. The van der Waals surface area contributed by atoms with Crippen LogP contribution in [0.3, 0.4) is 0 Å². The summed E-state index contributed by atoms with van der Waals surface area (Å²) in [6, 6.07) is 0. The number of rotatable bonds is 10. The summed E-state index contributed by atoms with van der Waals surface area (Å²) in [5, 5.41) is 0.810. The van der Waals surface area contributed by atoms with Crippen LogP contribution in [0.2, 0.25) is 39.3 Å². The van der Waals surface area contributed by atoms with E-state index in [9.17, 15) is 4.57 Å². The molecule has 132 valence electrons. The van der Waals surface area contributed by atoms with Crippen LogP contribution in [0.1, 0.15) is 20.8 Å². The minimum atomic E-state index is -3.24. The second kappa shape index (κ2) is 9.23. The van der Waals surface area contributed by atoms with Crippen LogP contribution >= 0.6 is 16.0 Å². The van der Waals surface area contributed by atoms with E-state index in [2.05, 4.69) is 39.3 Å². The fourth-order valence-electron chi connectivity index (χ4n) is 1.41. The standard InChI is InChI=1S/C13H32O5P2Si2/c1-10-15-20(14,16-11-2)12-13(3)19(17-21(4,5)6)18-22(7,8)9/h12H,10-11H2,1-9H3/b13-12+. The van der Waals surface area contributed by atoms with E-state index in [-0.39, 0.29) is 0 Å². The maximum Gasteiger partial charge on any atom is 0.354 e. The van der Waals surface area contributed by atoms with Gasteiger partial charge in [-0.15, -0.1) is 0 Å². The van der Waals surface area contributed by atoms with Gasteiger partial charge in [0.2, 0.25) is 0 Å². The molecule has 0 aromatic heterocycles. The van der Waals surface area contributed by atoms with Crippen LogP contribution in [0, 0.1) is 0 Å². The van der Waals surface area contributed by atoms with Gasteiger partial charge in [0.15, 0.2) is 25.0 Å². The molecule has 0 N–H and O–H groups in total. The molecule has 0 fully saturated rings. The van der Waals surface area contributed by atoms with E-state index in [1.165, 1.54) is 0 Å². The summed E-state index contributed by atoms with van der Waals surface area (Å²) in [5.41, 5.74) is 0. The lowest BCUT2D eigenvalue weighted by Crippen LogP contribution is -2.28. The van der Waals surface area contributed by atoms with Crippen LogP contribution in [-0.4, -0.2) is 29.8 Å². The molecule has 9 heteroatoms. The molecule has 0 aliphatic rings. The quantitative estimate of drug-likeness (QED) is 0.334. The minimum absolute atomic E-state index is 0.336. The topological polar surface area (TPSA) is 54.0 Å². The van der Waals surface area contributed by atoms with E-state index in [4.69, 9.17) is 17.5 Å².